The Morgan fingerprint density at radius 3 is 2.41 bits per heavy atom. The van der Waals surface area contributed by atoms with Crippen molar-refractivity contribution in [3.8, 4) is 0 Å². The van der Waals surface area contributed by atoms with Crippen molar-refractivity contribution in [1.82, 2.24) is 19.6 Å². The number of aromatic nitrogens is 2. The zero-order chi connectivity index (χ0) is 19.2. The van der Waals surface area contributed by atoms with Gasteiger partial charge in [0.1, 0.15) is 0 Å². The smallest absolute Gasteiger partial charge is 0.275 e. The number of piperazine rings is 1. The lowest BCUT2D eigenvalue weighted by Gasteiger charge is -2.37. The third-order valence-electron chi connectivity index (χ3n) is 5.49. The second kappa shape index (κ2) is 6.72. The van der Waals surface area contributed by atoms with Crippen molar-refractivity contribution < 1.29 is 13.2 Å². The SMILES string of the molecule is Cn1nc(C(=O)N2CCN(C3CCS(=O)(=O)C3)CC2)c2ccccc2c1=O. The van der Waals surface area contributed by atoms with Crippen LogP contribution >= 0.6 is 0 Å². The predicted molar refractivity (Wildman–Crippen MR) is 102 cm³/mol. The fourth-order valence-electron chi connectivity index (χ4n) is 3.96. The Hall–Kier alpha value is -2.26. The van der Waals surface area contributed by atoms with Crippen LogP contribution in [0.2, 0.25) is 0 Å². The Morgan fingerprint density at radius 2 is 1.78 bits per heavy atom. The summed E-state index contributed by atoms with van der Waals surface area (Å²) in [6, 6.07) is 7.07. The van der Waals surface area contributed by atoms with Crippen LogP contribution in [0.25, 0.3) is 10.8 Å². The molecule has 1 atom stereocenters. The summed E-state index contributed by atoms with van der Waals surface area (Å²) in [5, 5.41) is 5.26. The molecule has 8 nitrogen and oxygen atoms in total. The van der Waals surface area contributed by atoms with Crippen molar-refractivity contribution in [2.75, 3.05) is 37.7 Å². The summed E-state index contributed by atoms with van der Waals surface area (Å²) in [6.07, 6.45) is 0.670. The number of amides is 1. The lowest BCUT2D eigenvalue weighted by molar-refractivity contribution is 0.0582. The van der Waals surface area contributed by atoms with E-state index in [4.69, 9.17) is 0 Å². The summed E-state index contributed by atoms with van der Waals surface area (Å²) < 4.78 is 24.6. The highest BCUT2D eigenvalue weighted by Crippen LogP contribution is 2.21. The fraction of sp³-hybridized carbons (Fsp3) is 0.500. The average Bonchev–Trinajstić information content (AvgIpc) is 3.04. The zero-order valence-corrected chi connectivity index (χ0v) is 16.0. The molecule has 27 heavy (non-hydrogen) atoms. The van der Waals surface area contributed by atoms with Crippen LogP contribution in [0.15, 0.2) is 29.1 Å². The van der Waals surface area contributed by atoms with Crippen LogP contribution in [0.4, 0.5) is 0 Å². The molecule has 1 unspecified atom stereocenters. The number of fused-ring (bicyclic) bond motifs is 1. The van der Waals surface area contributed by atoms with Crippen molar-refractivity contribution in [1.29, 1.82) is 0 Å². The van der Waals surface area contributed by atoms with Gasteiger partial charge in [-0.3, -0.25) is 14.5 Å². The van der Waals surface area contributed by atoms with E-state index in [2.05, 4.69) is 10.00 Å². The molecule has 0 bridgehead atoms. The first-order chi connectivity index (χ1) is 12.9. The van der Waals surface area contributed by atoms with Gasteiger partial charge in [0.2, 0.25) is 0 Å². The number of carbonyl (C=O) groups is 1. The summed E-state index contributed by atoms with van der Waals surface area (Å²) in [7, 11) is -1.37. The Labute approximate surface area is 157 Å². The maximum absolute atomic E-state index is 13.0. The van der Waals surface area contributed by atoms with Crippen molar-refractivity contribution in [2.24, 2.45) is 7.05 Å². The highest BCUT2D eigenvalue weighted by Gasteiger charge is 2.34. The van der Waals surface area contributed by atoms with E-state index >= 15 is 0 Å². The second-order valence-corrected chi connectivity index (χ2v) is 9.44. The lowest BCUT2D eigenvalue weighted by Crippen LogP contribution is -2.52. The normalized spacial score (nSPS) is 23.0. The zero-order valence-electron chi connectivity index (χ0n) is 15.2. The molecule has 2 aliphatic heterocycles. The summed E-state index contributed by atoms with van der Waals surface area (Å²) in [5.74, 6) is 0.277. The number of carbonyl (C=O) groups excluding carboxylic acids is 1. The lowest BCUT2D eigenvalue weighted by atomic mass is 10.1. The van der Waals surface area contributed by atoms with Gasteiger partial charge < -0.3 is 4.90 Å². The van der Waals surface area contributed by atoms with Crippen LogP contribution in [0.3, 0.4) is 0 Å². The Balaban J connectivity index is 1.53. The molecule has 4 rings (SSSR count). The molecule has 2 fully saturated rings. The van der Waals surface area contributed by atoms with Crippen molar-refractivity contribution >= 4 is 26.5 Å². The molecule has 0 spiro atoms. The number of benzene rings is 1. The number of hydrogen-bond acceptors (Lipinski definition) is 6. The Kier molecular flexibility index (Phi) is 4.51. The van der Waals surface area contributed by atoms with E-state index in [0.29, 0.717) is 43.4 Å². The van der Waals surface area contributed by atoms with E-state index in [9.17, 15) is 18.0 Å². The van der Waals surface area contributed by atoms with Gasteiger partial charge in [-0.2, -0.15) is 5.10 Å². The molecule has 0 aliphatic carbocycles. The van der Waals surface area contributed by atoms with Gasteiger partial charge in [0.05, 0.1) is 16.9 Å². The largest absolute Gasteiger partial charge is 0.335 e. The molecule has 2 saturated heterocycles. The Bertz CT molecular complexity index is 1050. The standard InChI is InChI=1S/C18H22N4O4S/c1-20-17(23)15-5-3-2-4-14(15)16(19-20)18(24)22-9-7-21(8-10-22)13-6-11-27(25,26)12-13/h2-5,13H,6-12H2,1H3. The van der Waals surface area contributed by atoms with E-state index in [1.165, 1.54) is 4.68 Å². The van der Waals surface area contributed by atoms with Crippen LogP contribution in [0.1, 0.15) is 16.9 Å². The summed E-state index contributed by atoms with van der Waals surface area (Å²) in [4.78, 5) is 29.2. The van der Waals surface area contributed by atoms with Gasteiger partial charge in [-0.1, -0.05) is 18.2 Å². The minimum atomic E-state index is -2.92. The third kappa shape index (κ3) is 3.37. The minimum Gasteiger partial charge on any atom is -0.335 e. The molecule has 9 heteroatoms. The molecule has 1 aromatic heterocycles. The highest BCUT2D eigenvalue weighted by atomic mass is 32.2. The molecule has 0 radical (unpaired) electrons. The molecule has 1 aromatic carbocycles. The molecule has 2 aliphatic rings. The van der Waals surface area contributed by atoms with Crippen LogP contribution in [-0.4, -0.2) is 77.6 Å². The summed E-state index contributed by atoms with van der Waals surface area (Å²) >= 11 is 0. The molecule has 0 N–H and O–H groups in total. The number of aryl methyl sites for hydroxylation is 1. The van der Waals surface area contributed by atoms with Gasteiger partial charge in [-0.25, -0.2) is 13.1 Å². The Morgan fingerprint density at radius 1 is 1.11 bits per heavy atom. The highest BCUT2D eigenvalue weighted by molar-refractivity contribution is 7.91. The molecule has 1 amide bonds. The molecular weight excluding hydrogens is 368 g/mol. The average molecular weight is 390 g/mol. The molecule has 0 saturated carbocycles. The summed E-state index contributed by atoms with van der Waals surface area (Å²) in [6.45, 7) is 2.34. The van der Waals surface area contributed by atoms with Crippen LogP contribution in [0.5, 0.6) is 0 Å². The van der Waals surface area contributed by atoms with Gasteiger partial charge >= 0.3 is 0 Å². The molecule has 2 aromatic rings. The van der Waals surface area contributed by atoms with E-state index in [1.807, 2.05) is 0 Å². The van der Waals surface area contributed by atoms with Gasteiger partial charge in [0.15, 0.2) is 15.5 Å². The minimum absolute atomic E-state index is 0.0590. The van der Waals surface area contributed by atoms with Gasteiger partial charge in [-0.05, 0) is 12.5 Å². The second-order valence-electron chi connectivity index (χ2n) is 7.21. The number of sulfone groups is 1. The first-order valence-electron chi connectivity index (χ1n) is 9.05. The monoisotopic (exact) mass is 390 g/mol. The molecular formula is C18H22N4O4S. The van der Waals surface area contributed by atoms with E-state index in [1.54, 1.807) is 36.2 Å². The van der Waals surface area contributed by atoms with Crippen LogP contribution < -0.4 is 5.56 Å². The van der Waals surface area contributed by atoms with E-state index < -0.39 is 9.84 Å². The predicted octanol–water partition coefficient (Wildman–Crippen LogP) is -0.122. The quantitative estimate of drug-likeness (QED) is 0.710. The van der Waals surface area contributed by atoms with E-state index in [0.717, 1.165) is 0 Å². The number of hydrogen-bond donors (Lipinski definition) is 0. The van der Waals surface area contributed by atoms with Crippen molar-refractivity contribution in [3.63, 3.8) is 0 Å². The van der Waals surface area contributed by atoms with Gasteiger partial charge in [0.25, 0.3) is 11.5 Å². The number of nitrogens with zero attached hydrogens (tertiary/aromatic N) is 4. The topological polar surface area (TPSA) is 92.6 Å². The maximum atomic E-state index is 13.0. The van der Waals surface area contributed by atoms with Crippen LogP contribution in [-0.2, 0) is 16.9 Å². The number of rotatable bonds is 2. The van der Waals surface area contributed by atoms with Crippen molar-refractivity contribution in [2.45, 2.75) is 12.5 Å². The molecule has 144 valence electrons. The molecule has 3 heterocycles. The first kappa shape index (κ1) is 18.1. The fourth-order valence-corrected chi connectivity index (χ4v) is 5.72. The summed E-state index contributed by atoms with van der Waals surface area (Å²) in [5.41, 5.74) is 0.0546. The van der Waals surface area contributed by atoms with E-state index in [-0.39, 0.29) is 34.7 Å². The first-order valence-corrected chi connectivity index (χ1v) is 10.9. The maximum Gasteiger partial charge on any atom is 0.275 e. The van der Waals surface area contributed by atoms with Crippen LogP contribution in [0, 0.1) is 0 Å². The third-order valence-corrected chi connectivity index (χ3v) is 7.24. The van der Waals surface area contributed by atoms with Crippen molar-refractivity contribution in [3.05, 3.63) is 40.3 Å². The van der Waals surface area contributed by atoms with Gasteiger partial charge in [0, 0.05) is 44.7 Å². The van der Waals surface area contributed by atoms with Gasteiger partial charge in [-0.15, -0.1) is 0 Å².